The molecule has 1 fully saturated rings. The van der Waals surface area contributed by atoms with Crippen molar-refractivity contribution >= 4 is 23.9 Å². The number of amidine groups is 1. The number of amides is 1. The van der Waals surface area contributed by atoms with Crippen LogP contribution in [0.1, 0.15) is 39.2 Å². The predicted molar refractivity (Wildman–Crippen MR) is 128 cm³/mol. The first-order valence-corrected chi connectivity index (χ1v) is 11.2. The van der Waals surface area contributed by atoms with Gasteiger partial charge in [0.1, 0.15) is 11.1 Å². The van der Waals surface area contributed by atoms with Crippen LogP contribution in [0, 0.1) is 0 Å². The maximum atomic E-state index is 12.9. The van der Waals surface area contributed by atoms with E-state index in [0.29, 0.717) is 25.7 Å². The maximum Gasteiger partial charge on any atom is 0.410 e. The summed E-state index contributed by atoms with van der Waals surface area (Å²) in [5, 5.41) is 21.6. The Kier molecular flexibility index (Phi) is 9.82. The molecule has 0 unspecified atom stereocenters. The highest BCUT2D eigenvalue weighted by Crippen LogP contribution is 2.30. The van der Waals surface area contributed by atoms with Gasteiger partial charge < -0.3 is 35.0 Å². The van der Waals surface area contributed by atoms with E-state index in [4.69, 9.17) is 35.0 Å². The summed E-state index contributed by atoms with van der Waals surface area (Å²) in [6.07, 6.45) is 0.0355. The summed E-state index contributed by atoms with van der Waals surface area (Å²) in [7, 11) is 1.46. The minimum absolute atomic E-state index is 0.105. The van der Waals surface area contributed by atoms with E-state index in [1.165, 1.54) is 11.9 Å². The Balaban J connectivity index is 2.18. The van der Waals surface area contributed by atoms with Crippen molar-refractivity contribution < 1.29 is 43.6 Å². The summed E-state index contributed by atoms with van der Waals surface area (Å²) < 4.78 is 17.2. The molecule has 12 nitrogen and oxygen atoms in total. The van der Waals surface area contributed by atoms with Gasteiger partial charge in [0, 0.05) is 7.05 Å². The first-order chi connectivity index (χ1) is 16.8. The van der Waals surface area contributed by atoms with Gasteiger partial charge in [-0.25, -0.2) is 14.4 Å². The van der Waals surface area contributed by atoms with Gasteiger partial charge in [-0.1, -0.05) is 35.5 Å². The van der Waals surface area contributed by atoms with Gasteiger partial charge in [-0.2, -0.15) is 0 Å². The van der Waals surface area contributed by atoms with Crippen molar-refractivity contribution in [3.05, 3.63) is 47.7 Å². The Morgan fingerprint density at radius 1 is 1.25 bits per heavy atom. The van der Waals surface area contributed by atoms with Crippen molar-refractivity contribution in [3.63, 3.8) is 0 Å². The molecule has 0 aromatic heterocycles. The lowest BCUT2D eigenvalue weighted by Gasteiger charge is -2.45. The molecule has 1 heterocycles. The number of nitrogens with zero attached hydrogens (tertiary/aromatic N) is 2. The van der Waals surface area contributed by atoms with Crippen molar-refractivity contribution in [1.29, 1.82) is 0 Å². The summed E-state index contributed by atoms with van der Waals surface area (Å²) in [4.78, 5) is 41.0. The van der Waals surface area contributed by atoms with Gasteiger partial charge in [-0.05, 0) is 39.2 Å². The lowest BCUT2D eigenvalue weighted by atomic mass is 9.87. The molecule has 2 atom stereocenters. The zero-order valence-electron chi connectivity index (χ0n) is 20.8. The van der Waals surface area contributed by atoms with Crippen LogP contribution in [0.4, 0.5) is 4.79 Å². The SMILES string of the molecule is CN(C(=O)OC(C)(C)C)[C@]1(/C(N)=N/O/C(=C\C(=O)O)C(=O)O)CC[C@@H](COCc2ccccc2)OC1. The van der Waals surface area contributed by atoms with E-state index in [2.05, 4.69) is 5.16 Å². The zero-order valence-corrected chi connectivity index (χ0v) is 20.8. The number of nitrogens with two attached hydrogens (primary N) is 1. The number of carboxylic acids is 2. The smallest absolute Gasteiger partial charge is 0.410 e. The molecule has 1 aliphatic heterocycles. The van der Waals surface area contributed by atoms with Crippen LogP contribution in [0.2, 0.25) is 0 Å². The number of hydrogen-bond acceptors (Lipinski definition) is 8. The van der Waals surface area contributed by atoms with E-state index in [9.17, 15) is 14.4 Å². The zero-order chi connectivity index (χ0) is 26.9. The fourth-order valence-corrected chi connectivity index (χ4v) is 3.39. The molecule has 0 saturated carbocycles. The number of carbonyl (C=O) groups excluding carboxylic acids is 1. The van der Waals surface area contributed by atoms with Gasteiger partial charge in [0.25, 0.3) is 0 Å². The van der Waals surface area contributed by atoms with Gasteiger partial charge >= 0.3 is 18.0 Å². The Bertz CT molecular complexity index is 978. The Labute approximate surface area is 209 Å². The van der Waals surface area contributed by atoms with Crippen LogP contribution in [0.15, 0.2) is 47.3 Å². The van der Waals surface area contributed by atoms with Crippen LogP contribution >= 0.6 is 0 Å². The fraction of sp³-hybridized carbons (Fsp3) is 0.500. The number of benzene rings is 1. The maximum absolute atomic E-state index is 12.9. The van der Waals surface area contributed by atoms with Crippen LogP contribution in [-0.4, -0.2) is 76.5 Å². The molecular weight excluding hydrogens is 474 g/mol. The number of aliphatic carboxylic acids is 2. The van der Waals surface area contributed by atoms with Gasteiger partial charge in [-0.3, -0.25) is 4.90 Å². The lowest BCUT2D eigenvalue weighted by molar-refractivity contribution is -0.138. The first kappa shape index (κ1) is 28.6. The van der Waals surface area contributed by atoms with Crippen molar-refractivity contribution in [2.24, 2.45) is 10.9 Å². The molecule has 0 bridgehead atoms. The molecule has 36 heavy (non-hydrogen) atoms. The molecule has 12 heteroatoms. The topological polar surface area (TPSA) is 170 Å². The molecule has 1 aliphatic rings. The molecule has 2 rings (SSSR count). The average Bonchev–Trinajstić information content (AvgIpc) is 2.80. The van der Waals surface area contributed by atoms with Crippen molar-refractivity contribution in [2.75, 3.05) is 20.3 Å². The van der Waals surface area contributed by atoms with E-state index >= 15 is 0 Å². The van der Waals surface area contributed by atoms with E-state index in [-0.39, 0.29) is 25.0 Å². The Hall–Kier alpha value is -3.64. The van der Waals surface area contributed by atoms with Crippen LogP contribution in [0.25, 0.3) is 0 Å². The van der Waals surface area contributed by atoms with Crippen LogP contribution < -0.4 is 5.73 Å². The predicted octanol–water partition coefficient (Wildman–Crippen LogP) is 2.33. The molecule has 0 aliphatic carbocycles. The number of carboxylic acid groups (broad SMARTS) is 2. The minimum atomic E-state index is -1.65. The summed E-state index contributed by atoms with van der Waals surface area (Å²) in [6.45, 7) is 5.73. The van der Waals surface area contributed by atoms with Crippen molar-refractivity contribution in [1.82, 2.24) is 4.90 Å². The van der Waals surface area contributed by atoms with E-state index in [0.717, 1.165) is 5.56 Å². The van der Waals surface area contributed by atoms with Gasteiger partial charge in [0.2, 0.25) is 5.76 Å². The number of carbonyl (C=O) groups is 3. The minimum Gasteiger partial charge on any atom is -0.478 e. The highest BCUT2D eigenvalue weighted by atomic mass is 16.6. The summed E-state index contributed by atoms with van der Waals surface area (Å²) in [6, 6.07) is 9.65. The second kappa shape index (κ2) is 12.4. The molecule has 0 spiro atoms. The van der Waals surface area contributed by atoms with E-state index in [1.54, 1.807) is 20.8 Å². The largest absolute Gasteiger partial charge is 0.478 e. The van der Waals surface area contributed by atoms with Crippen molar-refractivity contribution in [2.45, 2.75) is 57.5 Å². The summed E-state index contributed by atoms with van der Waals surface area (Å²) in [5.41, 5.74) is 5.07. The van der Waals surface area contributed by atoms with Gasteiger partial charge in [0.05, 0.1) is 32.0 Å². The molecular formula is C24H33N3O9. The second-order valence-electron chi connectivity index (χ2n) is 9.26. The van der Waals surface area contributed by atoms with Crippen LogP contribution in [0.5, 0.6) is 0 Å². The molecule has 1 saturated heterocycles. The molecule has 1 aromatic carbocycles. The van der Waals surface area contributed by atoms with Crippen LogP contribution in [0.3, 0.4) is 0 Å². The van der Waals surface area contributed by atoms with Crippen LogP contribution in [-0.2, 0) is 35.2 Å². The lowest BCUT2D eigenvalue weighted by Crippen LogP contribution is -2.64. The summed E-state index contributed by atoms with van der Waals surface area (Å²) in [5.74, 6) is -4.43. The Morgan fingerprint density at radius 2 is 1.92 bits per heavy atom. The van der Waals surface area contributed by atoms with Crippen molar-refractivity contribution in [3.8, 4) is 0 Å². The quantitative estimate of drug-likeness (QED) is 0.140. The van der Waals surface area contributed by atoms with Gasteiger partial charge in [0.15, 0.2) is 5.84 Å². The fourth-order valence-electron chi connectivity index (χ4n) is 3.39. The molecule has 198 valence electrons. The second-order valence-corrected chi connectivity index (χ2v) is 9.26. The number of oxime groups is 1. The normalized spacial score (nSPS) is 20.9. The monoisotopic (exact) mass is 507 g/mol. The molecule has 1 aromatic rings. The number of likely N-dealkylation sites (N-methyl/N-ethyl adjacent to an activating group) is 1. The standard InChI is InChI=1S/C24H33N3O9/c1-23(2,3)35-22(32)27(4)24(21(25)26-36-18(20(30)31)12-19(28)29)11-10-17(34-15-24)14-33-13-16-8-6-5-7-9-16/h5-9,12,17H,10-11,13-15H2,1-4H3,(H2,25,26)(H,28,29)(H,30,31)/b18-12-/t17-,24+/m0/s1. The first-order valence-electron chi connectivity index (χ1n) is 11.2. The molecule has 4 N–H and O–H groups in total. The average molecular weight is 508 g/mol. The third-order valence-electron chi connectivity index (χ3n) is 5.35. The van der Waals surface area contributed by atoms with E-state index in [1.807, 2.05) is 30.3 Å². The number of rotatable bonds is 10. The number of ether oxygens (including phenoxy) is 3. The Morgan fingerprint density at radius 3 is 2.44 bits per heavy atom. The van der Waals surface area contributed by atoms with E-state index < -0.39 is 34.9 Å². The highest BCUT2D eigenvalue weighted by Gasteiger charge is 2.47. The third-order valence-corrected chi connectivity index (χ3v) is 5.35. The third kappa shape index (κ3) is 8.24. The highest BCUT2D eigenvalue weighted by molar-refractivity contribution is 5.94. The molecule has 1 amide bonds. The summed E-state index contributed by atoms with van der Waals surface area (Å²) >= 11 is 0. The van der Waals surface area contributed by atoms with Gasteiger partial charge in [-0.15, -0.1) is 0 Å². The molecule has 0 radical (unpaired) electrons. The number of hydrogen-bond donors (Lipinski definition) is 3.